The number of nitrogens with zero attached hydrogens (tertiary/aromatic N) is 2. The first-order chi connectivity index (χ1) is 8.50. The van der Waals surface area contributed by atoms with Gasteiger partial charge in [0.1, 0.15) is 0 Å². The Morgan fingerprint density at radius 2 is 2.17 bits per heavy atom. The van der Waals surface area contributed by atoms with Crippen LogP contribution in [0, 0.1) is 12.3 Å². The SMILES string of the molecule is CCCNC(C)C1(Cc2c(Br)c(C)nn2C)CC1. The monoisotopic (exact) mass is 313 g/mol. The van der Waals surface area contributed by atoms with Crippen molar-refractivity contribution in [2.45, 2.75) is 52.5 Å². The number of halogens is 1. The summed E-state index contributed by atoms with van der Waals surface area (Å²) >= 11 is 3.68. The average Bonchev–Trinajstić information content (AvgIpc) is 3.08. The molecule has 1 atom stereocenters. The summed E-state index contributed by atoms with van der Waals surface area (Å²) in [7, 11) is 2.05. The van der Waals surface area contributed by atoms with Crippen LogP contribution in [0.15, 0.2) is 4.47 Å². The highest BCUT2D eigenvalue weighted by Gasteiger charge is 2.47. The molecule has 1 aromatic rings. The fraction of sp³-hybridized carbons (Fsp3) is 0.786. The fourth-order valence-electron chi connectivity index (χ4n) is 2.71. The first kappa shape index (κ1) is 14.1. The highest BCUT2D eigenvalue weighted by molar-refractivity contribution is 9.10. The molecule has 0 aromatic carbocycles. The largest absolute Gasteiger partial charge is 0.314 e. The van der Waals surface area contributed by atoms with E-state index in [1.54, 1.807) is 0 Å². The zero-order valence-corrected chi connectivity index (χ0v) is 13.5. The van der Waals surface area contributed by atoms with E-state index in [1.165, 1.54) is 29.4 Å². The number of rotatable bonds is 6. The van der Waals surface area contributed by atoms with Gasteiger partial charge < -0.3 is 5.32 Å². The maximum Gasteiger partial charge on any atom is 0.0738 e. The van der Waals surface area contributed by atoms with E-state index >= 15 is 0 Å². The maximum atomic E-state index is 4.49. The Bertz CT molecular complexity index is 421. The maximum absolute atomic E-state index is 4.49. The van der Waals surface area contributed by atoms with Gasteiger partial charge in [-0.25, -0.2) is 0 Å². The van der Waals surface area contributed by atoms with Crippen molar-refractivity contribution >= 4 is 15.9 Å². The summed E-state index contributed by atoms with van der Waals surface area (Å²) in [4.78, 5) is 0. The van der Waals surface area contributed by atoms with Crippen LogP contribution in [-0.4, -0.2) is 22.4 Å². The first-order valence-electron chi connectivity index (χ1n) is 6.91. The minimum Gasteiger partial charge on any atom is -0.314 e. The number of hydrogen-bond acceptors (Lipinski definition) is 2. The normalized spacial score (nSPS) is 18.9. The number of hydrogen-bond donors (Lipinski definition) is 1. The summed E-state index contributed by atoms with van der Waals surface area (Å²) in [5.41, 5.74) is 2.89. The zero-order valence-electron chi connectivity index (χ0n) is 11.9. The van der Waals surface area contributed by atoms with Crippen LogP contribution in [0.25, 0.3) is 0 Å². The molecule has 4 heteroatoms. The highest BCUT2D eigenvalue weighted by Crippen LogP contribution is 2.52. The Morgan fingerprint density at radius 1 is 1.50 bits per heavy atom. The summed E-state index contributed by atoms with van der Waals surface area (Å²) in [5.74, 6) is 0. The fourth-order valence-corrected chi connectivity index (χ4v) is 3.18. The molecule has 1 unspecified atom stereocenters. The Morgan fingerprint density at radius 3 is 2.61 bits per heavy atom. The molecule has 1 fully saturated rings. The second-order valence-electron chi connectivity index (χ2n) is 5.68. The number of aromatic nitrogens is 2. The third-order valence-electron chi connectivity index (χ3n) is 4.29. The standard InChI is InChI=1S/C14H24BrN3/c1-5-8-16-11(3)14(6-7-14)9-12-13(15)10(2)17-18(12)4/h11,16H,5-9H2,1-4H3. The molecule has 1 aromatic heterocycles. The third kappa shape index (κ3) is 2.64. The van der Waals surface area contributed by atoms with Gasteiger partial charge in [0.05, 0.1) is 15.9 Å². The van der Waals surface area contributed by atoms with Gasteiger partial charge in [0.2, 0.25) is 0 Å². The molecule has 102 valence electrons. The minimum absolute atomic E-state index is 0.456. The van der Waals surface area contributed by atoms with Crippen molar-refractivity contribution in [2.75, 3.05) is 6.54 Å². The van der Waals surface area contributed by atoms with Crippen molar-refractivity contribution in [3.05, 3.63) is 15.9 Å². The van der Waals surface area contributed by atoms with Crippen LogP contribution in [0.1, 0.15) is 44.5 Å². The number of aryl methyl sites for hydroxylation is 2. The van der Waals surface area contributed by atoms with Gasteiger partial charge in [-0.3, -0.25) is 4.68 Å². The molecule has 18 heavy (non-hydrogen) atoms. The van der Waals surface area contributed by atoms with E-state index in [-0.39, 0.29) is 0 Å². The van der Waals surface area contributed by atoms with Crippen LogP contribution in [0.4, 0.5) is 0 Å². The summed E-state index contributed by atoms with van der Waals surface area (Å²) < 4.78 is 3.23. The van der Waals surface area contributed by atoms with Crippen LogP contribution in [0.5, 0.6) is 0 Å². The predicted octanol–water partition coefficient (Wildman–Crippen LogP) is 3.20. The van der Waals surface area contributed by atoms with Crippen molar-refractivity contribution in [3.8, 4) is 0 Å². The van der Waals surface area contributed by atoms with Crippen LogP contribution in [-0.2, 0) is 13.5 Å². The van der Waals surface area contributed by atoms with Crippen molar-refractivity contribution in [2.24, 2.45) is 12.5 Å². The molecule has 1 N–H and O–H groups in total. The van der Waals surface area contributed by atoms with Gasteiger partial charge in [-0.05, 0) is 67.4 Å². The third-order valence-corrected chi connectivity index (χ3v) is 5.32. The molecule has 0 bridgehead atoms. The van der Waals surface area contributed by atoms with Gasteiger partial charge in [0, 0.05) is 13.1 Å². The summed E-state index contributed by atoms with van der Waals surface area (Å²) in [5, 5.41) is 8.15. The Kier molecular flexibility index (Phi) is 4.17. The number of nitrogens with one attached hydrogen (secondary N) is 1. The van der Waals surface area contributed by atoms with Crippen LogP contribution in [0.3, 0.4) is 0 Å². The lowest BCUT2D eigenvalue weighted by atomic mass is 9.92. The van der Waals surface area contributed by atoms with Gasteiger partial charge in [-0.15, -0.1) is 0 Å². The predicted molar refractivity (Wildman–Crippen MR) is 78.8 cm³/mol. The van der Waals surface area contributed by atoms with Crippen LogP contribution >= 0.6 is 15.9 Å². The van der Waals surface area contributed by atoms with Crippen LogP contribution in [0.2, 0.25) is 0 Å². The first-order valence-corrected chi connectivity index (χ1v) is 7.71. The van der Waals surface area contributed by atoms with Gasteiger partial charge in [-0.2, -0.15) is 5.10 Å². The van der Waals surface area contributed by atoms with Gasteiger partial charge in [0.15, 0.2) is 0 Å². The van der Waals surface area contributed by atoms with E-state index in [0.29, 0.717) is 11.5 Å². The minimum atomic E-state index is 0.456. The molecule has 0 spiro atoms. The molecule has 1 aliphatic carbocycles. The second kappa shape index (κ2) is 5.33. The van der Waals surface area contributed by atoms with Crippen molar-refractivity contribution < 1.29 is 0 Å². The second-order valence-corrected chi connectivity index (χ2v) is 6.48. The molecule has 0 amide bonds. The molecule has 0 radical (unpaired) electrons. The molecular formula is C14H24BrN3. The molecule has 1 aliphatic rings. The van der Waals surface area contributed by atoms with E-state index in [0.717, 1.165) is 18.7 Å². The topological polar surface area (TPSA) is 29.9 Å². The molecule has 2 rings (SSSR count). The molecule has 3 nitrogen and oxygen atoms in total. The van der Waals surface area contributed by atoms with Crippen molar-refractivity contribution in [1.29, 1.82) is 0 Å². The summed E-state index contributed by atoms with van der Waals surface area (Å²) in [6.45, 7) is 7.74. The highest BCUT2D eigenvalue weighted by atomic mass is 79.9. The van der Waals surface area contributed by atoms with E-state index in [2.05, 4.69) is 47.1 Å². The quantitative estimate of drug-likeness (QED) is 0.874. The van der Waals surface area contributed by atoms with Gasteiger partial charge in [-0.1, -0.05) is 6.92 Å². The van der Waals surface area contributed by atoms with Crippen molar-refractivity contribution in [1.82, 2.24) is 15.1 Å². The van der Waals surface area contributed by atoms with E-state index in [9.17, 15) is 0 Å². The molecule has 0 saturated heterocycles. The van der Waals surface area contributed by atoms with E-state index in [1.807, 2.05) is 11.7 Å². The molecular weight excluding hydrogens is 290 g/mol. The molecule has 1 saturated carbocycles. The Hall–Kier alpha value is -0.350. The summed E-state index contributed by atoms with van der Waals surface area (Å²) in [6, 6.07) is 0.597. The average molecular weight is 314 g/mol. The molecule has 1 heterocycles. The lowest BCUT2D eigenvalue weighted by Crippen LogP contribution is -2.37. The Balaban J connectivity index is 2.08. The smallest absolute Gasteiger partial charge is 0.0738 e. The lowest BCUT2D eigenvalue weighted by molar-refractivity contribution is 0.343. The zero-order chi connectivity index (χ0) is 13.3. The van der Waals surface area contributed by atoms with Gasteiger partial charge in [0.25, 0.3) is 0 Å². The lowest BCUT2D eigenvalue weighted by Gasteiger charge is -2.24. The summed E-state index contributed by atoms with van der Waals surface area (Å²) in [6.07, 6.45) is 5.00. The van der Waals surface area contributed by atoms with Crippen LogP contribution < -0.4 is 5.32 Å². The molecule has 0 aliphatic heterocycles. The van der Waals surface area contributed by atoms with Crippen molar-refractivity contribution in [3.63, 3.8) is 0 Å². The van der Waals surface area contributed by atoms with Gasteiger partial charge >= 0.3 is 0 Å². The van der Waals surface area contributed by atoms with E-state index < -0.39 is 0 Å². The Labute approximate surface area is 118 Å². The van der Waals surface area contributed by atoms with E-state index in [4.69, 9.17) is 0 Å².